The molecule has 0 aliphatic heterocycles. The first-order valence-corrected chi connectivity index (χ1v) is 7.62. The topological polar surface area (TPSA) is 60.2 Å². The van der Waals surface area contributed by atoms with Gasteiger partial charge in [-0.1, -0.05) is 28.1 Å². The van der Waals surface area contributed by atoms with Crippen LogP contribution in [0.25, 0.3) is 0 Å². The first kappa shape index (κ1) is 13.7. The minimum absolute atomic E-state index is 0.0770. The van der Waals surface area contributed by atoms with Gasteiger partial charge in [-0.05, 0) is 37.6 Å². The second-order valence-corrected chi connectivity index (χ2v) is 7.16. The Hall–Kier alpha value is -0.390. The normalized spacial score (nSPS) is 13.7. The van der Waals surface area contributed by atoms with E-state index in [0.29, 0.717) is 13.0 Å². The van der Waals surface area contributed by atoms with E-state index >= 15 is 0 Å². The van der Waals surface area contributed by atoms with Crippen LogP contribution in [0, 0.1) is 0 Å². The summed E-state index contributed by atoms with van der Waals surface area (Å²) in [5, 5.41) is -0.378. The van der Waals surface area contributed by atoms with Crippen molar-refractivity contribution in [3.63, 3.8) is 0 Å². The number of hydrogen-bond acceptors (Lipinski definition) is 3. The summed E-state index contributed by atoms with van der Waals surface area (Å²) in [6.07, 6.45) is 0.510. The van der Waals surface area contributed by atoms with Crippen molar-refractivity contribution in [2.45, 2.75) is 24.3 Å². The number of halogens is 1. The molecule has 2 N–H and O–H groups in total. The highest BCUT2D eigenvalue weighted by Gasteiger charge is 2.20. The molecule has 1 aromatic carbocycles. The molecule has 0 aliphatic carbocycles. The van der Waals surface area contributed by atoms with Gasteiger partial charge >= 0.3 is 0 Å². The highest BCUT2D eigenvalue weighted by atomic mass is 79.9. The van der Waals surface area contributed by atoms with Gasteiger partial charge in [0, 0.05) is 4.47 Å². The molecule has 0 saturated heterocycles. The molecule has 3 nitrogen and oxygen atoms in total. The van der Waals surface area contributed by atoms with Crippen LogP contribution < -0.4 is 5.73 Å². The number of rotatable bonds is 5. The van der Waals surface area contributed by atoms with E-state index in [-0.39, 0.29) is 11.0 Å². The lowest BCUT2D eigenvalue weighted by atomic mass is 10.2. The lowest BCUT2D eigenvalue weighted by Crippen LogP contribution is -2.22. The smallest absolute Gasteiger partial charge is 0.157 e. The van der Waals surface area contributed by atoms with Gasteiger partial charge in [0.15, 0.2) is 9.84 Å². The lowest BCUT2D eigenvalue weighted by Gasteiger charge is -2.11. The van der Waals surface area contributed by atoms with Crippen LogP contribution in [-0.2, 0) is 15.6 Å². The van der Waals surface area contributed by atoms with Gasteiger partial charge in [0.05, 0.1) is 11.0 Å². The third-order valence-electron chi connectivity index (χ3n) is 2.44. The van der Waals surface area contributed by atoms with Gasteiger partial charge in [-0.2, -0.15) is 0 Å². The van der Waals surface area contributed by atoms with Crippen LogP contribution in [0.4, 0.5) is 0 Å². The number of nitrogens with two attached hydrogens (primary N) is 1. The summed E-state index contributed by atoms with van der Waals surface area (Å²) >= 11 is 3.32. The molecule has 5 heteroatoms. The number of benzene rings is 1. The molecular weight excluding hydrogens is 290 g/mol. The molecule has 0 spiro atoms. The van der Waals surface area contributed by atoms with Crippen molar-refractivity contribution >= 4 is 25.8 Å². The van der Waals surface area contributed by atoms with Crippen molar-refractivity contribution in [3.05, 3.63) is 34.3 Å². The van der Waals surface area contributed by atoms with E-state index in [9.17, 15) is 8.42 Å². The fraction of sp³-hybridized carbons (Fsp3) is 0.455. The first-order chi connectivity index (χ1) is 7.45. The van der Waals surface area contributed by atoms with E-state index in [1.54, 1.807) is 6.92 Å². The van der Waals surface area contributed by atoms with E-state index in [4.69, 9.17) is 5.73 Å². The molecule has 1 atom stereocenters. The Morgan fingerprint density at radius 2 is 2.12 bits per heavy atom. The zero-order valence-corrected chi connectivity index (χ0v) is 11.6. The Bertz CT molecular complexity index is 445. The molecule has 0 heterocycles. The molecule has 1 aromatic rings. The Morgan fingerprint density at radius 1 is 1.44 bits per heavy atom. The summed E-state index contributed by atoms with van der Waals surface area (Å²) in [4.78, 5) is 0. The first-order valence-electron chi connectivity index (χ1n) is 5.12. The summed E-state index contributed by atoms with van der Waals surface area (Å²) < 4.78 is 24.8. The fourth-order valence-electron chi connectivity index (χ4n) is 1.42. The average molecular weight is 306 g/mol. The molecule has 90 valence electrons. The Balaban J connectivity index is 2.80. The molecule has 0 aliphatic rings. The Labute approximate surface area is 105 Å². The minimum Gasteiger partial charge on any atom is -0.330 e. The molecule has 1 rings (SSSR count). The van der Waals surface area contributed by atoms with Crippen LogP contribution >= 0.6 is 15.9 Å². The van der Waals surface area contributed by atoms with Gasteiger partial charge in [0.1, 0.15) is 0 Å². The molecule has 0 bridgehead atoms. The van der Waals surface area contributed by atoms with Crippen molar-refractivity contribution in [1.29, 1.82) is 0 Å². The molecule has 1 unspecified atom stereocenters. The quantitative estimate of drug-likeness (QED) is 0.906. The summed E-state index contributed by atoms with van der Waals surface area (Å²) in [6, 6.07) is 7.35. The highest BCUT2D eigenvalue weighted by molar-refractivity contribution is 9.10. The largest absolute Gasteiger partial charge is 0.330 e. The summed E-state index contributed by atoms with van der Waals surface area (Å²) in [7, 11) is -3.09. The number of sulfone groups is 1. The molecule has 16 heavy (non-hydrogen) atoms. The van der Waals surface area contributed by atoms with E-state index in [0.717, 1.165) is 10.0 Å². The third kappa shape index (κ3) is 3.88. The maximum absolute atomic E-state index is 11.9. The van der Waals surface area contributed by atoms with Gasteiger partial charge in [-0.15, -0.1) is 0 Å². The van der Waals surface area contributed by atoms with E-state index in [1.807, 2.05) is 24.3 Å². The summed E-state index contributed by atoms with van der Waals surface area (Å²) in [5.41, 5.74) is 6.18. The van der Waals surface area contributed by atoms with Gasteiger partial charge in [-0.3, -0.25) is 0 Å². The third-order valence-corrected chi connectivity index (χ3v) is 5.13. The monoisotopic (exact) mass is 305 g/mol. The average Bonchev–Trinajstić information content (AvgIpc) is 2.17. The highest BCUT2D eigenvalue weighted by Crippen LogP contribution is 2.17. The van der Waals surface area contributed by atoms with Crippen LogP contribution in [0.2, 0.25) is 0 Å². The van der Waals surface area contributed by atoms with Crippen LogP contribution in [0.5, 0.6) is 0 Å². The summed E-state index contributed by atoms with van der Waals surface area (Å²) in [6.45, 7) is 2.11. The fourth-order valence-corrected chi connectivity index (χ4v) is 3.29. The maximum atomic E-state index is 11.9. The minimum atomic E-state index is -3.09. The molecule has 0 saturated carbocycles. The Kier molecular flexibility index (Phi) is 4.95. The molecule has 0 fully saturated rings. The van der Waals surface area contributed by atoms with Crippen LogP contribution in [0.1, 0.15) is 18.9 Å². The van der Waals surface area contributed by atoms with Gasteiger partial charge in [-0.25, -0.2) is 8.42 Å². The predicted molar refractivity (Wildman–Crippen MR) is 69.9 cm³/mol. The van der Waals surface area contributed by atoms with Crippen molar-refractivity contribution in [1.82, 2.24) is 0 Å². The van der Waals surface area contributed by atoms with Crippen molar-refractivity contribution in [3.8, 4) is 0 Å². The van der Waals surface area contributed by atoms with Crippen LogP contribution in [0.15, 0.2) is 28.7 Å². The van der Waals surface area contributed by atoms with Crippen LogP contribution in [0.3, 0.4) is 0 Å². The zero-order chi connectivity index (χ0) is 12.2. The van der Waals surface area contributed by atoms with Crippen LogP contribution in [-0.4, -0.2) is 20.2 Å². The second-order valence-electron chi connectivity index (χ2n) is 3.83. The van der Waals surface area contributed by atoms with Crippen molar-refractivity contribution in [2.24, 2.45) is 5.73 Å². The van der Waals surface area contributed by atoms with Crippen molar-refractivity contribution < 1.29 is 8.42 Å². The molecule has 0 aromatic heterocycles. The maximum Gasteiger partial charge on any atom is 0.157 e. The SMILES string of the molecule is CC(CCN)S(=O)(=O)Cc1cccc(Br)c1. The van der Waals surface area contributed by atoms with Gasteiger partial charge in [0.2, 0.25) is 0 Å². The zero-order valence-electron chi connectivity index (χ0n) is 9.19. The molecular formula is C11H16BrNO2S. The Morgan fingerprint density at radius 3 is 2.69 bits per heavy atom. The van der Waals surface area contributed by atoms with Crippen molar-refractivity contribution in [2.75, 3.05) is 6.54 Å². The molecule has 0 radical (unpaired) electrons. The lowest BCUT2D eigenvalue weighted by molar-refractivity contribution is 0.577. The standard InChI is InChI=1S/C11H16BrNO2S/c1-9(5-6-13)16(14,15)8-10-3-2-4-11(12)7-10/h2-4,7,9H,5-6,8,13H2,1H3. The number of hydrogen-bond donors (Lipinski definition) is 1. The van der Waals surface area contributed by atoms with Gasteiger partial charge in [0.25, 0.3) is 0 Å². The molecule has 0 amide bonds. The summed E-state index contributed by atoms with van der Waals surface area (Å²) in [5.74, 6) is 0.0770. The van der Waals surface area contributed by atoms with E-state index < -0.39 is 9.84 Å². The predicted octanol–water partition coefficient (Wildman–Crippen LogP) is 2.10. The van der Waals surface area contributed by atoms with E-state index in [1.165, 1.54) is 0 Å². The van der Waals surface area contributed by atoms with Gasteiger partial charge < -0.3 is 5.73 Å². The second kappa shape index (κ2) is 5.80. The van der Waals surface area contributed by atoms with E-state index in [2.05, 4.69) is 15.9 Å².